The van der Waals surface area contributed by atoms with Crippen LogP contribution in [0.5, 0.6) is 0 Å². The van der Waals surface area contributed by atoms with Gasteiger partial charge in [-0.25, -0.2) is 8.78 Å². The minimum absolute atomic E-state index is 0.595. The average Bonchev–Trinajstić information content (AvgIpc) is 1.98. The van der Waals surface area contributed by atoms with Gasteiger partial charge in [-0.1, -0.05) is 0 Å². The SMILES string of the molecule is CC(F)(F)C12CC3CC(CC(C3)C1)C2. The summed E-state index contributed by atoms with van der Waals surface area (Å²) in [6, 6.07) is 0. The highest BCUT2D eigenvalue weighted by atomic mass is 19.3. The summed E-state index contributed by atoms with van der Waals surface area (Å²) in [7, 11) is 0. The topological polar surface area (TPSA) is 0 Å². The Morgan fingerprint density at radius 1 is 0.929 bits per heavy atom. The zero-order chi connectivity index (χ0) is 9.97. The lowest BCUT2D eigenvalue weighted by atomic mass is 9.48. The zero-order valence-electron chi connectivity index (χ0n) is 8.73. The fourth-order valence-corrected chi connectivity index (χ4v) is 4.65. The Morgan fingerprint density at radius 3 is 1.57 bits per heavy atom. The molecule has 0 saturated heterocycles. The number of hydrogen-bond donors (Lipinski definition) is 0. The van der Waals surface area contributed by atoms with Crippen molar-refractivity contribution in [1.29, 1.82) is 0 Å². The predicted molar refractivity (Wildman–Crippen MR) is 51.2 cm³/mol. The highest BCUT2D eigenvalue weighted by Gasteiger charge is 2.60. The van der Waals surface area contributed by atoms with Crippen LogP contribution in [0.2, 0.25) is 0 Å². The van der Waals surface area contributed by atoms with Gasteiger partial charge in [0.1, 0.15) is 0 Å². The van der Waals surface area contributed by atoms with Gasteiger partial charge >= 0.3 is 0 Å². The molecule has 80 valence electrons. The number of alkyl halides is 2. The smallest absolute Gasteiger partial charge is 0.207 e. The van der Waals surface area contributed by atoms with Crippen LogP contribution < -0.4 is 0 Å². The Balaban J connectivity index is 1.95. The van der Waals surface area contributed by atoms with Gasteiger partial charge < -0.3 is 0 Å². The summed E-state index contributed by atoms with van der Waals surface area (Å²) in [6.45, 7) is 1.15. The summed E-state index contributed by atoms with van der Waals surface area (Å²) < 4.78 is 27.3. The molecule has 0 aliphatic heterocycles. The number of halogens is 2. The lowest BCUT2D eigenvalue weighted by Crippen LogP contribution is -2.53. The lowest BCUT2D eigenvalue weighted by molar-refractivity contribution is -0.193. The van der Waals surface area contributed by atoms with Gasteiger partial charge in [-0.15, -0.1) is 0 Å². The van der Waals surface area contributed by atoms with Gasteiger partial charge in [-0.2, -0.15) is 0 Å². The fraction of sp³-hybridized carbons (Fsp3) is 1.00. The Hall–Kier alpha value is -0.140. The summed E-state index contributed by atoms with van der Waals surface area (Å²) in [5.41, 5.74) is -0.595. The van der Waals surface area contributed by atoms with Crippen LogP contribution in [0.4, 0.5) is 8.78 Å². The molecular weight excluding hydrogens is 182 g/mol. The maximum absolute atomic E-state index is 13.7. The predicted octanol–water partition coefficient (Wildman–Crippen LogP) is 3.86. The van der Waals surface area contributed by atoms with E-state index < -0.39 is 11.3 Å². The van der Waals surface area contributed by atoms with Gasteiger partial charge in [0.15, 0.2) is 0 Å². The van der Waals surface area contributed by atoms with Crippen molar-refractivity contribution in [3.63, 3.8) is 0 Å². The Morgan fingerprint density at radius 2 is 1.29 bits per heavy atom. The van der Waals surface area contributed by atoms with Crippen molar-refractivity contribution in [3.05, 3.63) is 0 Å². The number of hydrogen-bond acceptors (Lipinski definition) is 0. The molecule has 0 nitrogen and oxygen atoms in total. The third-order valence-corrected chi connectivity index (χ3v) is 4.97. The Kier molecular flexibility index (Phi) is 1.63. The lowest BCUT2D eigenvalue weighted by Gasteiger charge is -2.58. The summed E-state index contributed by atoms with van der Waals surface area (Å²) in [5.74, 6) is -0.547. The first-order valence-corrected chi connectivity index (χ1v) is 5.86. The molecule has 4 saturated carbocycles. The largest absolute Gasteiger partial charge is 0.250 e. The molecular formula is C12H18F2. The molecule has 2 heteroatoms. The van der Waals surface area contributed by atoms with E-state index in [0.29, 0.717) is 17.8 Å². The highest BCUT2D eigenvalue weighted by Crippen LogP contribution is 2.64. The molecule has 0 N–H and O–H groups in total. The van der Waals surface area contributed by atoms with E-state index in [-0.39, 0.29) is 0 Å². The third-order valence-electron chi connectivity index (χ3n) is 4.97. The second-order valence-electron chi connectivity index (χ2n) is 6.09. The normalized spacial score (nSPS) is 51.2. The number of rotatable bonds is 1. The van der Waals surface area contributed by atoms with Crippen molar-refractivity contribution in [2.24, 2.45) is 23.2 Å². The van der Waals surface area contributed by atoms with Crippen LogP contribution in [0.1, 0.15) is 45.4 Å². The van der Waals surface area contributed by atoms with E-state index in [1.54, 1.807) is 0 Å². The van der Waals surface area contributed by atoms with E-state index in [9.17, 15) is 8.78 Å². The van der Waals surface area contributed by atoms with Gasteiger partial charge in [0.2, 0.25) is 0 Å². The Labute approximate surface area is 84.1 Å². The van der Waals surface area contributed by atoms with Crippen molar-refractivity contribution in [2.45, 2.75) is 51.4 Å². The zero-order valence-corrected chi connectivity index (χ0v) is 8.73. The van der Waals surface area contributed by atoms with Crippen LogP contribution in [0.15, 0.2) is 0 Å². The molecule has 0 unspecified atom stereocenters. The van der Waals surface area contributed by atoms with Gasteiger partial charge in [-0.3, -0.25) is 0 Å². The van der Waals surface area contributed by atoms with Crippen molar-refractivity contribution < 1.29 is 8.78 Å². The van der Waals surface area contributed by atoms with Gasteiger partial charge in [0.25, 0.3) is 5.92 Å². The molecule has 0 radical (unpaired) electrons. The van der Waals surface area contributed by atoms with E-state index in [0.717, 1.165) is 26.2 Å². The van der Waals surface area contributed by atoms with Crippen LogP contribution >= 0.6 is 0 Å². The molecule has 0 aromatic rings. The van der Waals surface area contributed by atoms with E-state index in [4.69, 9.17) is 0 Å². The molecule has 4 bridgehead atoms. The standard InChI is InChI=1S/C12H18F2/c1-11(13,14)12-5-8-2-9(6-12)4-10(3-8)7-12/h8-10H,2-7H2,1H3. The van der Waals surface area contributed by atoms with E-state index in [1.165, 1.54) is 19.3 Å². The first kappa shape index (κ1) is 9.11. The van der Waals surface area contributed by atoms with Crippen molar-refractivity contribution in [1.82, 2.24) is 0 Å². The van der Waals surface area contributed by atoms with Crippen LogP contribution in [0, 0.1) is 23.2 Å². The molecule has 4 rings (SSSR count). The van der Waals surface area contributed by atoms with Crippen LogP contribution in [0.3, 0.4) is 0 Å². The summed E-state index contributed by atoms with van der Waals surface area (Å²) in [4.78, 5) is 0. The third kappa shape index (κ3) is 1.09. The molecule has 14 heavy (non-hydrogen) atoms. The maximum atomic E-state index is 13.7. The van der Waals surface area contributed by atoms with Gasteiger partial charge in [0, 0.05) is 5.41 Å². The molecule has 0 aromatic heterocycles. The minimum atomic E-state index is -2.44. The first-order valence-electron chi connectivity index (χ1n) is 5.86. The van der Waals surface area contributed by atoms with Crippen LogP contribution in [-0.2, 0) is 0 Å². The monoisotopic (exact) mass is 200 g/mol. The average molecular weight is 200 g/mol. The summed E-state index contributed by atoms with van der Waals surface area (Å²) in [6.07, 6.45) is 6.16. The molecule has 4 aliphatic rings. The van der Waals surface area contributed by atoms with Crippen molar-refractivity contribution in [3.8, 4) is 0 Å². The van der Waals surface area contributed by atoms with Crippen LogP contribution in [-0.4, -0.2) is 5.92 Å². The molecule has 0 amide bonds. The molecule has 4 aliphatic carbocycles. The van der Waals surface area contributed by atoms with E-state index in [1.807, 2.05) is 0 Å². The Bertz CT molecular complexity index is 216. The van der Waals surface area contributed by atoms with E-state index >= 15 is 0 Å². The fourth-order valence-electron chi connectivity index (χ4n) is 4.65. The van der Waals surface area contributed by atoms with Gasteiger partial charge in [-0.05, 0) is 63.2 Å². The second kappa shape index (κ2) is 2.51. The van der Waals surface area contributed by atoms with Crippen LogP contribution in [0.25, 0.3) is 0 Å². The minimum Gasteiger partial charge on any atom is -0.207 e. The van der Waals surface area contributed by atoms with Crippen molar-refractivity contribution >= 4 is 0 Å². The first-order chi connectivity index (χ1) is 6.48. The molecule has 4 fully saturated rings. The highest BCUT2D eigenvalue weighted by molar-refractivity contribution is 5.05. The second-order valence-corrected chi connectivity index (χ2v) is 6.09. The molecule has 0 atom stereocenters. The van der Waals surface area contributed by atoms with Crippen molar-refractivity contribution in [2.75, 3.05) is 0 Å². The molecule has 0 aromatic carbocycles. The molecule has 0 spiro atoms. The quantitative estimate of drug-likeness (QED) is 0.603. The summed E-state index contributed by atoms with van der Waals surface area (Å²) in [5, 5.41) is 0. The maximum Gasteiger partial charge on any atom is 0.250 e. The van der Waals surface area contributed by atoms with E-state index in [2.05, 4.69) is 0 Å². The van der Waals surface area contributed by atoms with Gasteiger partial charge in [0.05, 0.1) is 0 Å². The molecule has 0 heterocycles. The summed E-state index contributed by atoms with van der Waals surface area (Å²) >= 11 is 0.